The number of carboxylic acid groups (broad SMARTS) is 1. The minimum absolute atomic E-state index is 0.0307. The molecule has 0 radical (unpaired) electrons. The summed E-state index contributed by atoms with van der Waals surface area (Å²) >= 11 is 0. The standard InChI is InChI=1S/C16H25NO4/c1-15(2,10-7-13(19)20)17-12(18)11-16(14(17)21)8-5-3-4-6-9-16/h3-11H2,1-2H3,(H,19,20). The Bertz CT molecular complexity index is 447. The maximum atomic E-state index is 12.9. The van der Waals surface area contributed by atoms with Crippen LogP contribution in [0, 0.1) is 5.41 Å². The molecule has 1 N–H and O–H groups in total. The van der Waals surface area contributed by atoms with E-state index in [-0.39, 0.29) is 18.2 Å². The van der Waals surface area contributed by atoms with Crippen molar-refractivity contribution in [3.05, 3.63) is 0 Å². The molecule has 2 amide bonds. The Hall–Kier alpha value is -1.39. The number of carboxylic acids is 1. The van der Waals surface area contributed by atoms with E-state index in [4.69, 9.17) is 5.11 Å². The number of rotatable bonds is 4. The summed E-state index contributed by atoms with van der Waals surface area (Å²) in [5.41, 5.74) is -1.23. The summed E-state index contributed by atoms with van der Waals surface area (Å²) < 4.78 is 0. The Morgan fingerprint density at radius 3 is 2.29 bits per heavy atom. The molecule has 1 aliphatic heterocycles. The van der Waals surface area contributed by atoms with E-state index in [2.05, 4.69) is 0 Å². The smallest absolute Gasteiger partial charge is 0.303 e. The van der Waals surface area contributed by atoms with Gasteiger partial charge < -0.3 is 5.11 Å². The quantitative estimate of drug-likeness (QED) is 0.809. The minimum atomic E-state index is -0.897. The maximum absolute atomic E-state index is 12.9. The molecule has 0 bridgehead atoms. The van der Waals surface area contributed by atoms with Crippen LogP contribution in [0.2, 0.25) is 0 Å². The van der Waals surface area contributed by atoms with E-state index in [1.54, 1.807) is 13.8 Å². The third-order valence-electron chi connectivity index (χ3n) is 5.01. The van der Waals surface area contributed by atoms with Crippen LogP contribution in [0.25, 0.3) is 0 Å². The van der Waals surface area contributed by atoms with E-state index in [0.717, 1.165) is 38.5 Å². The molecular weight excluding hydrogens is 270 g/mol. The highest BCUT2D eigenvalue weighted by atomic mass is 16.4. The summed E-state index contributed by atoms with van der Waals surface area (Å²) in [4.78, 5) is 37.5. The Balaban J connectivity index is 2.19. The predicted molar refractivity (Wildman–Crippen MR) is 77.6 cm³/mol. The predicted octanol–water partition coefficient (Wildman–Crippen LogP) is 2.73. The lowest BCUT2D eigenvalue weighted by Crippen LogP contribution is -2.49. The first-order valence-electron chi connectivity index (χ1n) is 7.88. The first-order valence-corrected chi connectivity index (χ1v) is 7.88. The average molecular weight is 295 g/mol. The van der Waals surface area contributed by atoms with Crippen molar-refractivity contribution in [3.63, 3.8) is 0 Å². The number of nitrogens with zero attached hydrogens (tertiary/aromatic N) is 1. The highest BCUT2D eigenvalue weighted by molar-refractivity contribution is 6.06. The van der Waals surface area contributed by atoms with Gasteiger partial charge in [0.05, 0.1) is 5.41 Å². The summed E-state index contributed by atoms with van der Waals surface area (Å²) in [6.07, 6.45) is 6.43. The van der Waals surface area contributed by atoms with Crippen LogP contribution in [0.3, 0.4) is 0 Å². The fraction of sp³-hybridized carbons (Fsp3) is 0.812. The van der Waals surface area contributed by atoms with Crippen molar-refractivity contribution in [2.24, 2.45) is 5.41 Å². The van der Waals surface area contributed by atoms with Crippen LogP contribution < -0.4 is 0 Å². The molecule has 5 heteroatoms. The Labute approximate surface area is 125 Å². The van der Waals surface area contributed by atoms with Gasteiger partial charge in [-0.3, -0.25) is 19.3 Å². The van der Waals surface area contributed by atoms with Crippen LogP contribution in [-0.2, 0) is 14.4 Å². The number of hydrogen-bond acceptors (Lipinski definition) is 3. The molecule has 5 nitrogen and oxygen atoms in total. The van der Waals surface area contributed by atoms with Gasteiger partial charge in [-0.05, 0) is 33.1 Å². The van der Waals surface area contributed by atoms with Crippen LogP contribution >= 0.6 is 0 Å². The van der Waals surface area contributed by atoms with E-state index >= 15 is 0 Å². The number of imide groups is 1. The topological polar surface area (TPSA) is 74.7 Å². The van der Waals surface area contributed by atoms with Gasteiger partial charge in [-0.1, -0.05) is 25.7 Å². The molecular formula is C16H25NO4. The van der Waals surface area contributed by atoms with Gasteiger partial charge in [0, 0.05) is 18.4 Å². The van der Waals surface area contributed by atoms with Gasteiger partial charge in [-0.25, -0.2) is 0 Å². The Morgan fingerprint density at radius 2 is 1.76 bits per heavy atom. The van der Waals surface area contributed by atoms with E-state index < -0.39 is 16.9 Å². The van der Waals surface area contributed by atoms with Crippen molar-refractivity contribution in [2.45, 2.75) is 77.2 Å². The molecule has 2 aliphatic rings. The number of hydrogen-bond donors (Lipinski definition) is 1. The van der Waals surface area contributed by atoms with Gasteiger partial charge in [0.25, 0.3) is 0 Å². The van der Waals surface area contributed by atoms with Crippen LogP contribution in [0.5, 0.6) is 0 Å². The molecule has 0 aromatic rings. The van der Waals surface area contributed by atoms with Gasteiger partial charge in [0.2, 0.25) is 11.8 Å². The zero-order valence-corrected chi connectivity index (χ0v) is 13.0. The second-order valence-electron chi connectivity index (χ2n) is 7.11. The van der Waals surface area contributed by atoms with Crippen molar-refractivity contribution in [3.8, 4) is 0 Å². The third-order valence-corrected chi connectivity index (χ3v) is 5.01. The molecule has 1 saturated heterocycles. The lowest BCUT2D eigenvalue weighted by molar-refractivity contribution is -0.149. The van der Waals surface area contributed by atoms with Gasteiger partial charge in [0.15, 0.2) is 0 Å². The Morgan fingerprint density at radius 1 is 1.19 bits per heavy atom. The van der Waals surface area contributed by atoms with Crippen molar-refractivity contribution in [1.29, 1.82) is 0 Å². The molecule has 0 atom stereocenters. The second kappa shape index (κ2) is 5.78. The molecule has 0 aromatic heterocycles. The molecule has 0 aromatic carbocycles. The summed E-state index contributed by atoms with van der Waals surface area (Å²) in [5.74, 6) is -1.09. The van der Waals surface area contributed by atoms with Crippen molar-refractivity contribution in [1.82, 2.24) is 4.90 Å². The van der Waals surface area contributed by atoms with Crippen LogP contribution in [0.1, 0.15) is 71.6 Å². The van der Waals surface area contributed by atoms with Gasteiger partial charge >= 0.3 is 5.97 Å². The maximum Gasteiger partial charge on any atom is 0.303 e. The summed E-state index contributed by atoms with van der Waals surface area (Å²) in [6, 6.07) is 0. The van der Waals surface area contributed by atoms with E-state index in [0.29, 0.717) is 12.8 Å². The summed E-state index contributed by atoms with van der Waals surface area (Å²) in [6.45, 7) is 3.59. The van der Waals surface area contributed by atoms with E-state index in [1.807, 2.05) is 0 Å². The molecule has 21 heavy (non-hydrogen) atoms. The van der Waals surface area contributed by atoms with Gasteiger partial charge in [0.1, 0.15) is 0 Å². The highest BCUT2D eigenvalue weighted by Crippen LogP contribution is 2.46. The number of amides is 2. The van der Waals surface area contributed by atoms with Crippen LogP contribution in [0.4, 0.5) is 0 Å². The summed E-state index contributed by atoms with van der Waals surface area (Å²) in [5, 5.41) is 8.84. The first kappa shape index (κ1) is 16.0. The van der Waals surface area contributed by atoms with Crippen molar-refractivity contribution >= 4 is 17.8 Å². The number of carbonyl (C=O) groups is 3. The molecule has 118 valence electrons. The van der Waals surface area contributed by atoms with Gasteiger partial charge in [-0.15, -0.1) is 0 Å². The first-order chi connectivity index (χ1) is 9.78. The Kier molecular flexibility index (Phi) is 4.40. The normalized spacial score (nSPS) is 22.7. The minimum Gasteiger partial charge on any atom is -0.481 e. The van der Waals surface area contributed by atoms with E-state index in [1.165, 1.54) is 4.90 Å². The second-order valence-corrected chi connectivity index (χ2v) is 7.11. The average Bonchev–Trinajstić information content (AvgIpc) is 2.56. The van der Waals surface area contributed by atoms with Crippen LogP contribution in [-0.4, -0.2) is 33.3 Å². The molecule has 0 unspecified atom stereocenters. The molecule has 2 fully saturated rings. The highest BCUT2D eigenvalue weighted by Gasteiger charge is 2.54. The number of aliphatic carboxylic acids is 1. The molecule has 2 rings (SSSR count). The molecule has 1 heterocycles. The summed E-state index contributed by atoms with van der Waals surface area (Å²) in [7, 11) is 0. The zero-order valence-electron chi connectivity index (χ0n) is 13.0. The fourth-order valence-corrected chi connectivity index (χ4v) is 3.73. The largest absolute Gasteiger partial charge is 0.481 e. The van der Waals surface area contributed by atoms with Crippen molar-refractivity contribution < 1.29 is 19.5 Å². The number of carbonyl (C=O) groups excluding carboxylic acids is 2. The molecule has 1 aliphatic carbocycles. The molecule has 1 spiro atoms. The SMILES string of the molecule is CC(C)(CCC(=O)O)N1C(=O)CC2(CCCCCC2)C1=O. The zero-order chi connectivity index (χ0) is 15.7. The van der Waals surface area contributed by atoms with Crippen molar-refractivity contribution in [2.75, 3.05) is 0 Å². The number of likely N-dealkylation sites (tertiary alicyclic amines) is 1. The fourth-order valence-electron chi connectivity index (χ4n) is 3.73. The van der Waals surface area contributed by atoms with E-state index in [9.17, 15) is 14.4 Å². The lowest BCUT2D eigenvalue weighted by Gasteiger charge is -2.35. The molecule has 1 saturated carbocycles. The lowest BCUT2D eigenvalue weighted by atomic mass is 9.78. The van der Waals surface area contributed by atoms with Gasteiger partial charge in [-0.2, -0.15) is 0 Å². The third kappa shape index (κ3) is 3.11. The monoisotopic (exact) mass is 295 g/mol. The van der Waals surface area contributed by atoms with Crippen LogP contribution in [0.15, 0.2) is 0 Å².